The monoisotopic (exact) mass is 569 g/mol. The number of nitrogens with zero attached hydrogens (tertiary/aromatic N) is 2. The van der Waals surface area contributed by atoms with E-state index in [2.05, 4.69) is 5.32 Å². The highest BCUT2D eigenvalue weighted by molar-refractivity contribution is 7.92. The number of halogens is 1. The first-order valence-corrected chi connectivity index (χ1v) is 15.0. The van der Waals surface area contributed by atoms with Crippen LogP contribution in [0.25, 0.3) is 0 Å². The third-order valence-electron chi connectivity index (χ3n) is 6.48. The fraction of sp³-hybridized carbons (Fsp3) is 0.333. The molecule has 0 saturated heterocycles. The molecule has 1 N–H and O–H groups in total. The Kier molecular flexibility index (Phi) is 10.9. The summed E-state index contributed by atoms with van der Waals surface area (Å²) in [4.78, 5) is 28.8. The second-order valence-corrected chi connectivity index (χ2v) is 11.4. The Morgan fingerprint density at radius 1 is 0.872 bits per heavy atom. The van der Waals surface area contributed by atoms with E-state index in [9.17, 15) is 18.0 Å². The van der Waals surface area contributed by atoms with E-state index in [1.165, 1.54) is 17.0 Å². The summed E-state index contributed by atoms with van der Waals surface area (Å²) >= 11 is 6.43. The molecular formula is C30H36ClN3O4S. The van der Waals surface area contributed by atoms with Gasteiger partial charge in [-0.05, 0) is 54.7 Å². The summed E-state index contributed by atoms with van der Waals surface area (Å²) < 4.78 is 29.0. The van der Waals surface area contributed by atoms with E-state index in [1.807, 2.05) is 39.0 Å². The number of nitrogens with one attached hydrogen (secondary N) is 1. The summed E-state index contributed by atoms with van der Waals surface area (Å²) in [6.45, 7) is 5.77. The van der Waals surface area contributed by atoms with Crippen LogP contribution >= 0.6 is 11.6 Å². The van der Waals surface area contributed by atoms with Gasteiger partial charge in [-0.3, -0.25) is 13.9 Å². The van der Waals surface area contributed by atoms with Crippen LogP contribution in [0.2, 0.25) is 5.02 Å². The first kappa shape index (κ1) is 30.2. The van der Waals surface area contributed by atoms with Crippen LogP contribution in [0, 0.1) is 0 Å². The number of hydrogen-bond acceptors (Lipinski definition) is 4. The first-order valence-electron chi connectivity index (χ1n) is 13.2. The van der Waals surface area contributed by atoms with Crippen molar-refractivity contribution in [2.75, 3.05) is 17.4 Å². The zero-order valence-electron chi connectivity index (χ0n) is 22.6. The zero-order valence-corrected chi connectivity index (χ0v) is 24.2. The Hall–Kier alpha value is -3.36. The SMILES string of the molecule is CCCNC(=O)[C@@H](CC)N(Cc1ccccc1Cl)C(=O)CN(c1ccccc1CC)S(=O)(=O)c1ccccc1. The van der Waals surface area contributed by atoms with Crippen molar-refractivity contribution < 1.29 is 18.0 Å². The summed E-state index contributed by atoms with van der Waals surface area (Å²) in [6.07, 6.45) is 1.67. The van der Waals surface area contributed by atoms with Crippen molar-refractivity contribution in [2.45, 2.75) is 57.5 Å². The van der Waals surface area contributed by atoms with Crippen molar-refractivity contribution in [3.8, 4) is 0 Å². The Balaban J connectivity index is 2.09. The minimum Gasteiger partial charge on any atom is -0.354 e. The lowest BCUT2D eigenvalue weighted by atomic mass is 10.1. The molecule has 208 valence electrons. The standard InChI is InChI=1S/C30H36ClN3O4S/c1-4-20-32-30(36)27(6-3)33(21-24-15-10-12-18-26(24)31)29(35)22-34(28-19-13-11-14-23(28)5-2)39(37,38)25-16-8-7-9-17-25/h7-19,27H,4-6,20-22H2,1-3H3,(H,32,36)/t27-/m1/s1. The van der Waals surface area contributed by atoms with E-state index in [0.717, 1.165) is 16.3 Å². The highest BCUT2D eigenvalue weighted by atomic mass is 35.5. The van der Waals surface area contributed by atoms with Crippen molar-refractivity contribution in [1.29, 1.82) is 0 Å². The van der Waals surface area contributed by atoms with Crippen molar-refractivity contribution in [2.24, 2.45) is 0 Å². The summed E-state index contributed by atoms with van der Waals surface area (Å²) in [5.41, 5.74) is 1.88. The van der Waals surface area contributed by atoms with Gasteiger partial charge in [-0.15, -0.1) is 0 Å². The Morgan fingerprint density at radius 3 is 2.10 bits per heavy atom. The molecule has 7 nitrogen and oxygen atoms in total. The maximum absolute atomic E-state index is 14.1. The van der Waals surface area contributed by atoms with Crippen LogP contribution in [-0.4, -0.2) is 44.3 Å². The number of para-hydroxylation sites is 1. The van der Waals surface area contributed by atoms with Crippen LogP contribution in [0.15, 0.2) is 83.8 Å². The van der Waals surface area contributed by atoms with Crippen molar-refractivity contribution >= 4 is 39.1 Å². The molecule has 0 aliphatic heterocycles. The van der Waals surface area contributed by atoms with Gasteiger partial charge >= 0.3 is 0 Å². The van der Waals surface area contributed by atoms with Gasteiger partial charge in [0.2, 0.25) is 11.8 Å². The number of carbonyl (C=O) groups is 2. The maximum Gasteiger partial charge on any atom is 0.264 e. The van der Waals surface area contributed by atoms with Gasteiger partial charge < -0.3 is 10.2 Å². The van der Waals surface area contributed by atoms with Crippen LogP contribution in [0.4, 0.5) is 5.69 Å². The van der Waals surface area contributed by atoms with E-state index in [1.54, 1.807) is 48.5 Å². The molecule has 0 bridgehead atoms. The third kappa shape index (κ3) is 7.40. The number of anilines is 1. The first-order chi connectivity index (χ1) is 18.7. The molecule has 3 rings (SSSR count). The minimum absolute atomic E-state index is 0.0607. The summed E-state index contributed by atoms with van der Waals surface area (Å²) in [6, 6.07) is 21.5. The van der Waals surface area contributed by atoms with E-state index >= 15 is 0 Å². The maximum atomic E-state index is 14.1. The number of benzene rings is 3. The van der Waals surface area contributed by atoms with Gasteiger partial charge in [0, 0.05) is 18.1 Å². The largest absolute Gasteiger partial charge is 0.354 e. The molecule has 39 heavy (non-hydrogen) atoms. The molecule has 3 aromatic rings. The molecule has 9 heteroatoms. The molecule has 0 aliphatic rings. The van der Waals surface area contributed by atoms with Gasteiger partial charge in [0.25, 0.3) is 10.0 Å². The molecule has 0 aromatic heterocycles. The average molecular weight is 570 g/mol. The van der Waals surface area contributed by atoms with Crippen LogP contribution in [-0.2, 0) is 32.6 Å². The second kappa shape index (κ2) is 14.1. The van der Waals surface area contributed by atoms with Crippen LogP contribution < -0.4 is 9.62 Å². The lowest BCUT2D eigenvalue weighted by Gasteiger charge is -2.33. The average Bonchev–Trinajstić information content (AvgIpc) is 2.95. The van der Waals surface area contributed by atoms with Crippen LogP contribution in [0.5, 0.6) is 0 Å². The normalized spacial score (nSPS) is 12.0. The summed E-state index contributed by atoms with van der Waals surface area (Å²) in [5, 5.41) is 3.34. The Morgan fingerprint density at radius 2 is 1.49 bits per heavy atom. The topological polar surface area (TPSA) is 86.8 Å². The molecule has 3 aromatic carbocycles. The van der Waals surface area contributed by atoms with E-state index < -0.39 is 28.5 Å². The molecule has 2 amide bonds. The fourth-order valence-corrected chi connectivity index (χ4v) is 6.05. The van der Waals surface area contributed by atoms with Gasteiger partial charge in [0.1, 0.15) is 12.6 Å². The van der Waals surface area contributed by atoms with E-state index in [-0.39, 0.29) is 17.3 Å². The van der Waals surface area contributed by atoms with Crippen LogP contribution in [0.1, 0.15) is 44.7 Å². The summed E-state index contributed by atoms with van der Waals surface area (Å²) in [7, 11) is -4.10. The highest BCUT2D eigenvalue weighted by Gasteiger charge is 2.34. The molecule has 0 saturated carbocycles. The smallest absolute Gasteiger partial charge is 0.264 e. The zero-order chi connectivity index (χ0) is 28.4. The van der Waals surface area contributed by atoms with Gasteiger partial charge in [-0.2, -0.15) is 0 Å². The van der Waals surface area contributed by atoms with Crippen LogP contribution in [0.3, 0.4) is 0 Å². The number of amides is 2. The van der Waals surface area contributed by atoms with Gasteiger partial charge in [0.15, 0.2) is 0 Å². The quantitative estimate of drug-likeness (QED) is 0.297. The molecule has 0 spiro atoms. The lowest BCUT2D eigenvalue weighted by Crippen LogP contribution is -2.52. The number of rotatable bonds is 13. The fourth-order valence-electron chi connectivity index (χ4n) is 4.38. The van der Waals surface area contributed by atoms with Gasteiger partial charge in [-0.25, -0.2) is 8.42 Å². The molecule has 0 heterocycles. The van der Waals surface area contributed by atoms with Gasteiger partial charge in [0.05, 0.1) is 10.6 Å². The Bertz CT molecular complexity index is 1370. The number of sulfonamides is 1. The highest BCUT2D eigenvalue weighted by Crippen LogP contribution is 2.28. The lowest BCUT2D eigenvalue weighted by molar-refractivity contribution is -0.140. The molecule has 0 unspecified atom stereocenters. The van der Waals surface area contributed by atoms with Gasteiger partial charge in [-0.1, -0.05) is 87.0 Å². The predicted octanol–water partition coefficient (Wildman–Crippen LogP) is 5.43. The van der Waals surface area contributed by atoms with Crippen molar-refractivity contribution in [3.05, 3.63) is 95.0 Å². The van der Waals surface area contributed by atoms with E-state index in [0.29, 0.717) is 35.7 Å². The third-order valence-corrected chi connectivity index (χ3v) is 8.63. The number of hydrogen-bond donors (Lipinski definition) is 1. The summed E-state index contributed by atoms with van der Waals surface area (Å²) in [5.74, 6) is -0.787. The molecule has 0 fully saturated rings. The molecule has 0 aliphatic carbocycles. The molecule has 0 radical (unpaired) electrons. The number of carbonyl (C=O) groups excluding carboxylic acids is 2. The molecular weight excluding hydrogens is 534 g/mol. The Labute approximate surface area is 236 Å². The minimum atomic E-state index is -4.10. The second-order valence-electron chi connectivity index (χ2n) is 9.14. The molecule has 1 atom stereocenters. The van der Waals surface area contributed by atoms with Crippen molar-refractivity contribution in [3.63, 3.8) is 0 Å². The van der Waals surface area contributed by atoms with E-state index in [4.69, 9.17) is 11.6 Å². The van der Waals surface area contributed by atoms with Crippen molar-refractivity contribution in [1.82, 2.24) is 10.2 Å². The number of aryl methyl sites for hydroxylation is 1. The predicted molar refractivity (Wildman–Crippen MR) is 156 cm³/mol.